The number of H-pyrrole nitrogens is 1. The number of nitrogens with one attached hydrogen (secondary N) is 1. The third kappa shape index (κ3) is 4.39. The van der Waals surface area contributed by atoms with Crippen LogP contribution in [0.5, 0.6) is 0 Å². The number of rotatable bonds is 4. The minimum absolute atomic E-state index is 0.228. The van der Waals surface area contributed by atoms with Gasteiger partial charge in [-0.15, -0.1) is 0 Å². The number of hydrogen-bond acceptors (Lipinski definition) is 1. The molecule has 3 nitrogen and oxygen atoms in total. The summed E-state index contributed by atoms with van der Waals surface area (Å²) in [4.78, 5) is 14.4. The molecule has 1 heterocycles. The molecule has 30 heavy (non-hydrogen) atoms. The molecule has 0 aliphatic carbocycles. The Bertz CT molecular complexity index is 1100. The van der Waals surface area contributed by atoms with Crippen molar-refractivity contribution in [1.82, 2.24) is 9.55 Å². The molecule has 1 aromatic heterocycles. The van der Waals surface area contributed by atoms with Crippen molar-refractivity contribution in [3.63, 3.8) is 0 Å². The lowest BCUT2D eigenvalue weighted by Gasteiger charge is -2.28. The molecule has 0 aliphatic rings. The zero-order valence-corrected chi connectivity index (χ0v) is 16.5. The predicted molar refractivity (Wildman–Crippen MR) is 101 cm³/mol. The lowest BCUT2D eigenvalue weighted by molar-refractivity contribution is -0.144. The van der Waals surface area contributed by atoms with Crippen LogP contribution < -0.4 is 5.69 Å². The molecule has 0 fully saturated rings. The van der Waals surface area contributed by atoms with Gasteiger partial charge >= 0.3 is 18.0 Å². The summed E-state index contributed by atoms with van der Waals surface area (Å²) in [5.41, 5.74) is -2.59. The van der Waals surface area contributed by atoms with E-state index in [1.807, 2.05) is 0 Å². The fraction of sp³-hybridized carbons (Fsp3) is 0.381. The lowest BCUT2D eigenvalue weighted by Crippen LogP contribution is -2.24. The molecular weight excluding hydrogens is 410 g/mol. The monoisotopic (exact) mass is 430 g/mol. The van der Waals surface area contributed by atoms with Crippen molar-refractivity contribution in [1.29, 1.82) is 0 Å². The van der Waals surface area contributed by atoms with Gasteiger partial charge in [-0.25, -0.2) is 4.79 Å². The summed E-state index contributed by atoms with van der Waals surface area (Å²) in [5.74, 6) is 0. The van der Waals surface area contributed by atoms with Gasteiger partial charge in [0.25, 0.3) is 0 Å². The van der Waals surface area contributed by atoms with Crippen LogP contribution in [0.3, 0.4) is 0 Å². The third-order valence-corrected chi connectivity index (χ3v) is 5.09. The summed E-state index contributed by atoms with van der Waals surface area (Å²) in [7, 11) is 1.57. The molecule has 0 spiro atoms. The minimum atomic E-state index is -4.89. The van der Waals surface area contributed by atoms with Gasteiger partial charge in [0.05, 0.1) is 22.2 Å². The normalized spacial score (nSPS) is 13.2. The number of aryl methyl sites for hydroxylation is 1. The van der Waals surface area contributed by atoms with Crippen LogP contribution in [0.1, 0.15) is 36.1 Å². The first kappa shape index (κ1) is 22.0. The van der Waals surface area contributed by atoms with Crippen molar-refractivity contribution in [2.75, 3.05) is 0 Å². The first-order chi connectivity index (χ1) is 13.7. The van der Waals surface area contributed by atoms with Gasteiger partial charge in [0, 0.05) is 7.05 Å². The number of imidazole rings is 1. The number of aromatic amines is 1. The Morgan fingerprint density at radius 2 is 1.47 bits per heavy atom. The number of aromatic nitrogens is 2. The maximum absolute atomic E-state index is 13.4. The highest BCUT2D eigenvalue weighted by Crippen LogP contribution is 2.42. The number of nitrogens with zero attached hydrogens (tertiary/aromatic N) is 1. The van der Waals surface area contributed by atoms with Crippen LogP contribution in [0, 0.1) is 5.41 Å². The van der Waals surface area contributed by atoms with Crippen LogP contribution in [-0.4, -0.2) is 9.55 Å². The molecule has 3 aromatic rings. The molecule has 162 valence electrons. The van der Waals surface area contributed by atoms with E-state index in [0.717, 1.165) is 6.07 Å². The van der Waals surface area contributed by atoms with Crippen LogP contribution in [0.25, 0.3) is 11.0 Å². The molecule has 0 unspecified atom stereocenters. The van der Waals surface area contributed by atoms with E-state index in [-0.39, 0.29) is 12.1 Å². The Kier molecular flexibility index (Phi) is 5.28. The molecule has 0 aliphatic heterocycles. The lowest BCUT2D eigenvalue weighted by atomic mass is 9.78. The molecule has 0 atom stereocenters. The largest absolute Gasteiger partial charge is 0.416 e. The molecular formula is C21H20F6N2O. The fourth-order valence-electron chi connectivity index (χ4n) is 3.78. The Hall–Kier alpha value is -2.71. The Morgan fingerprint density at radius 3 is 2.00 bits per heavy atom. The third-order valence-electron chi connectivity index (χ3n) is 5.09. The summed E-state index contributed by atoms with van der Waals surface area (Å²) >= 11 is 0. The van der Waals surface area contributed by atoms with Crippen LogP contribution in [-0.2, 0) is 32.2 Å². The topological polar surface area (TPSA) is 37.8 Å². The SMILES string of the molecule is Cn1c(=O)[nH]c2ccc(CC(C)(C)Cc3c(C(F)(F)F)cccc3C(F)(F)F)cc21. The quantitative estimate of drug-likeness (QED) is 0.529. The number of alkyl halides is 6. The maximum Gasteiger partial charge on any atom is 0.416 e. The standard InChI is InChI=1S/C21H20F6N2O/c1-19(2,10-12-7-8-16-17(9-12)29(3)18(30)28-16)11-13-14(20(22,23)24)5-4-6-15(13)21(25,26)27/h4-9H,10-11H2,1-3H3,(H,28,30). The number of hydrogen-bond donors (Lipinski definition) is 1. The van der Waals surface area contributed by atoms with Gasteiger partial charge in [0.1, 0.15) is 0 Å². The number of benzene rings is 2. The summed E-state index contributed by atoms with van der Waals surface area (Å²) in [6, 6.07) is 7.25. The van der Waals surface area contributed by atoms with Gasteiger partial charge in [-0.3, -0.25) is 4.57 Å². The smallest absolute Gasteiger partial charge is 0.306 e. The number of halogens is 6. The van der Waals surface area contributed by atoms with E-state index >= 15 is 0 Å². The van der Waals surface area contributed by atoms with Gasteiger partial charge in [-0.2, -0.15) is 26.3 Å². The highest BCUT2D eigenvalue weighted by molar-refractivity contribution is 5.75. The summed E-state index contributed by atoms with van der Waals surface area (Å²) < 4.78 is 82.0. The van der Waals surface area contributed by atoms with Crippen LogP contribution >= 0.6 is 0 Å². The first-order valence-corrected chi connectivity index (χ1v) is 9.13. The average Bonchev–Trinajstić information content (AvgIpc) is 2.87. The molecule has 3 rings (SSSR count). The van der Waals surface area contributed by atoms with Crippen molar-refractivity contribution in [3.05, 3.63) is 69.1 Å². The second-order valence-electron chi connectivity index (χ2n) is 8.19. The van der Waals surface area contributed by atoms with E-state index < -0.39 is 40.9 Å². The highest BCUT2D eigenvalue weighted by atomic mass is 19.4. The molecule has 9 heteroatoms. The summed E-state index contributed by atoms with van der Waals surface area (Å²) in [6.07, 6.45) is -9.97. The van der Waals surface area contributed by atoms with E-state index in [2.05, 4.69) is 4.98 Å². The van der Waals surface area contributed by atoms with E-state index in [1.165, 1.54) is 4.57 Å². The zero-order valence-electron chi connectivity index (χ0n) is 16.5. The molecule has 0 bridgehead atoms. The zero-order chi connectivity index (χ0) is 22.5. The van der Waals surface area contributed by atoms with Crippen LogP contribution in [0.4, 0.5) is 26.3 Å². The molecule has 1 N–H and O–H groups in total. The Balaban J connectivity index is 2.01. The Morgan fingerprint density at radius 1 is 0.900 bits per heavy atom. The van der Waals surface area contributed by atoms with Crippen LogP contribution in [0.15, 0.2) is 41.2 Å². The second-order valence-corrected chi connectivity index (χ2v) is 8.19. The van der Waals surface area contributed by atoms with Crippen molar-refractivity contribution >= 4 is 11.0 Å². The van der Waals surface area contributed by atoms with Crippen molar-refractivity contribution in [2.45, 2.75) is 39.0 Å². The summed E-state index contributed by atoms with van der Waals surface area (Å²) in [5, 5.41) is 0. The fourth-order valence-corrected chi connectivity index (χ4v) is 3.78. The van der Waals surface area contributed by atoms with Gasteiger partial charge in [-0.05, 0) is 53.6 Å². The summed E-state index contributed by atoms with van der Waals surface area (Å²) in [6.45, 7) is 3.25. The molecule has 0 saturated carbocycles. The highest BCUT2D eigenvalue weighted by Gasteiger charge is 2.41. The average molecular weight is 430 g/mol. The van der Waals surface area contributed by atoms with E-state index in [9.17, 15) is 31.1 Å². The maximum atomic E-state index is 13.4. The molecule has 0 saturated heterocycles. The van der Waals surface area contributed by atoms with Gasteiger partial charge in [-0.1, -0.05) is 26.0 Å². The van der Waals surface area contributed by atoms with Crippen molar-refractivity contribution in [3.8, 4) is 0 Å². The molecule has 0 amide bonds. The first-order valence-electron chi connectivity index (χ1n) is 9.13. The molecule has 2 aromatic carbocycles. The van der Waals surface area contributed by atoms with Gasteiger partial charge in [0.15, 0.2) is 0 Å². The number of fused-ring (bicyclic) bond motifs is 1. The molecule has 0 radical (unpaired) electrons. The van der Waals surface area contributed by atoms with E-state index in [1.54, 1.807) is 39.1 Å². The van der Waals surface area contributed by atoms with Crippen LogP contribution in [0.2, 0.25) is 0 Å². The van der Waals surface area contributed by atoms with Crippen molar-refractivity contribution < 1.29 is 26.3 Å². The Labute approximate surface area is 168 Å². The minimum Gasteiger partial charge on any atom is -0.306 e. The van der Waals surface area contributed by atoms with E-state index in [4.69, 9.17) is 0 Å². The predicted octanol–water partition coefficient (Wildman–Crippen LogP) is 5.72. The van der Waals surface area contributed by atoms with Gasteiger partial charge in [0.2, 0.25) is 0 Å². The van der Waals surface area contributed by atoms with E-state index in [0.29, 0.717) is 28.7 Å². The van der Waals surface area contributed by atoms with Gasteiger partial charge < -0.3 is 4.98 Å². The van der Waals surface area contributed by atoms with Crippen molar-refractivity contribution in [2.24, 2.45) is 12.5 Å². The second kappa shape index (κ2) is 7.21.